The van der Waals surface area contributed by atoms with Crippen LogP contribution in [0.2, 0.25) is 0 Å². The Morgan fingerprint density at radius 3 is 2.95 bits per heavy atom. The molecule has 0 fully saturated rings. The van der Waals surface area contributed by atoms with Crippen LogP contribution in [0, 0.1) is 0 Å². The first-order valence-electron chi connectivity index (χ1n) is 6.41. The van der Waals surface area contributed by atoms with Gasteiger partial charge in [0.2, 0.25) is 0 Å². The number of fused-ring (bicyclic) bond motifs is 1. The summed E-state index contributed by atoms with van der Waals surface area (Å²) < 4.78 is 5.23. The van der Waals surface area contributed by atoms with Crippen molar-refractivity contribution in [3.63, 3.8) is 0 Å². The predicted molar refractivity (Wildman–Crippen MR) is 73.8 cm³/mol. The van der Waals surface area contributed by atoms with Gasteiger partial charge in [-0.05, 0) is 38.5 Å². The number of benzene rings is 1. The van der Waals surface area contributed by atoms with Crippen molar-refractivity contribution >= 4 is 17.5 Å². The molecule has 0 spiro atoms. The van der Waals surface area contributed by atoms with Gasteiger partial charge < -0.3 is 20.5 Å². The molecule has 6 heteroatoms. The normalized spacial score (nSPS) is 14.1. The molecule has 1 heterocycles. The molecule has 0 unspecified atom stereocenters. The van der Waals surface area contributed by atoms with E-state index in [1.165, 1.54) is 0 Å². The first-order chi connectivity index (χ1) is 9.41. The summed E-state index contributed by atoms with van der Waals surface area (Å²) in [6, 6.07) is 4.88. The van der Waals surface area contributed by atoms with Crippen molar-refractivity contribution in [3.8, 4) is 5.75 Å². The number of carbonyl (C=O) groups is 2. The number of hydrogen-bond donors (Lipinski definition) is 3. The van der Waals surface area contributed by atoms with E-state index in [2.05, 4.69) is 10.6 Å². The minimum absolute atomic E-state index is 0.00135. The molecule has 3 N–H and O–H groups in total. The van der Waals surface area contributed by atoms with Gasteiger partial charge in [0.1, 0.15) is 5.75 Å². The Morgan fingerprint density at radius 2 is 2.25 bits per heavy atom. The molecule has 108 valence electrons. The van der Waals surface area contributed by atoms with E-state index in [0.29, 0.717) is 23.4 Å². The molecule has 20 heavy (non-hydrogen) atoms. The van der Waals surface area contributed by atoms with E-state index in [9.17, 15) is 9.59 Å². The summed E-state index contributed by atoms with van der Waals surface area (Å²) >= 11 is 0. The second-order valence-electron chi connectivity index (χ2n) is 5.36. The summed E-state index contributed by atoms with van der Waals surface area (Å²) in [5.41, 5.74) is 0.427. The molecule has 6 nitrogen and oxygen atoms in total. The van der Waals surface area contributed by atoms with Gasteiger partial charge in [-0.3, -0.25) is 9.59 Å². The average molecular weight is 278 g/mol. The fourth-order valence-electron chi connectivity index (χ4n) is 1.95. The van der Waals surface area contributed by atoms with Crippen molar-refractivity contribution in [1.82, 2.24) is 5.32 Å². The van der Waals surface area contributed by atoms with Crippen LogP contribution in [0.3, 0.4) is 0 Å². The van der Waals surface area contributed by atoms with E-state index in [4.69, 9.17) is 9.84 Å². The number of aliphatic hydroxyl groups is 1. The van der Waals surface area contributed by atoms with E-state index in [1.807, 2.05) is 13.8 Å². The number of amides is 2. The van der Waals surface area contributed by atoms with Gasteiger partial charge >= 0.3 is 0 Å². The standard InChI is InChI=1S/C14H18N2O4/c1-14(2,5-6-17)16-13(19)9-3-4-11-10(7-9)15-12(18)8-20-11/h3-4,7,17H,5-6,8H2,1-2H3,(H,15,18)(H,16,19). The molecule has 0 aliphatic carbocycles. The Kier molecular flexibility index (Phi) is 3.94. The van der Waals surface area contributed by atoms with Crippen LogP contribution in [0.4, 0.5) is 5.69 Å². The third-order valence-corrected chi connectivity index (χ3v) is 3.06. The van der Waals surface area contributed by atoms with E-state index in [-0.39, 0.29) is 25.0 Å². The zero-order chi connectivity index (χ0) is 14.8. The topological polar surface area (TPSA) is 87.7 Å². The molecule has 0 bridgehead atoms. The molecule has 1 aliphatic heterocycles. The van der Waals surface area contributed by atoms with E-state index >= 15 is 0 Å². The fourth-order valence-corrected chi connectivity index (χ4v) is 1.95. The maximum Gasteiger partial charge on any atom is 0.262 e. The number of anilines is 1. The number of hydrogen-bond acceptors (Lipinski definition) is 4. The van der Waals surface area contributed by atoms with E-state index in [0.717, 1.165) is 0 Å². The van der Waals surface area contributed by atoms with Gasteiger partial charge in [0, 0.05) is 17.7 Å². The predicted octanol–water partition coefficient (Wildman–Crippen LogP) is 0.908. The molecule has 2 amide bonds. The lowest BCUT2D eigenvalue weighted by Gasteiger charge is -2.26. The maximum atomic E-state index is 12.2. The minimum Gasteiger partial charge on any atom is -0.482 e. The number of aliphatic hydroxyl groups excluding tert-OH is 1. The Balaban J connectivity index is 2.15. The van der Waals surface area contributed by atoms with Gasteiger partial charge in [0.05, 0.1) is 5.69 Å². The molecule has 0 atom stereocenters. The third kappa shape index (κ3) is 3.27. The Morgan fingerprint density at radius 1 is 1.50 bits per heavy atom. The zero-order valence-electron chi connectivity index (χ0n) is 11.5. The van der Waals surface area contributed by atoms with E-state index in [1.54, 1.807) is 18.2 Å². The monoisotopic (exact) mass is 278 g/mol. The van der Waals surface area contributed by atoms with Crippen LogP contribution in [0.15, 0.2) is 18.2 Å². The average Bonchev–Trinajstić information content (AvgIpc) is 2.37. The Labute approximate surface area is 117 Å². The summed E-state index contributed by atoms with van der Waals surface area (Å²) in [6.45, 7) is 3.66. The molecule has 1 aromatic carbocycles. The van der Waals surface area contributed by atoms with Crippen molar-refractivity contribution in [3.05, 3.63) is 23.8 Å². The lowest BCUT2D eigenvalue weighted by molar-refractivity contribution is -0.118. The fraction of sp³-hybridized carbons (Fsp3) is 0.429. The molecule has 1 aromatic rings. The molecular formula is C14H18N2O4. The number of ether oxygens (including phenoxy) is 1. The van der Waals surface area contributed by atoms with Gasteiger partial charge in [-0.1, -0.05) is 0 Å². The van der Waals surface area contributed by atoms with Crippen LogP contribution in [0.1, 0.15) is 30.6 Å². The largest absolute Gasteiger partial charge is 0.482 e. The lowest BCUT2D eigenvalue weighted by Crippen LogP contribution is -2.44. The summed E-state index contributed by atoms with van der Waals surface area (Å²) in [7, 11) is 0. The van der Waals surface area contributed by atoms with Crippen molar-refractivity contribution < 1.29 is 19.4 Å². The number of nitrogens with one attached hydrogen (secondary N) is 2. The molecule has 0 aromatic heterocycles. The van der Waals surface area contributed by atoms with Crippen molar-refractivity contribution in [2.24, 2.45) is 0 Å². The van der Waals surface area contributed by atoms with Gasteiger partial charge in [-0.25, -0.2) is 0 Å². The second kappa shape index (κ2) is 5.50. The molecule has 0 saturated carbocycles. The maximum absolute atomic E-state index is 12.2. The number of carbonyl (C=O) groups excluding carboxylic acids is 2. The van der Waals surface area contributed by atoms with Crippen molar-refractivity contribution in [2.75, 3.05) is 18.5 Å². The smallest absolute Gasteiger partial charge is 0.262 e. The first kappa shape index (κ1) is 14.3. The lowest BCUT2D eigenvalue weighted by atomic mass is 10.0. The van der Waals surface area contributed by atoms with E-state index < -0.39 is 5.54 Å². The van der Waals surface area contributed by atoms with Gasteiger partial charge in [-0.2, -0.15) is 0 Å². The SMILES string of the molecule is CC(C)(CCO)NC(=O)c1ccc2c(c1)NC(=O)CO2. The van der Waals surface area contributed by atoms with Crippen LogP contribution in [0.5, 0.6) is 5.75 Å². The van der Waals surface area contributed by atoms with Crippen LogP contribution < -0.4 is 15.4 Å². The number of rotatable bonds is 4. The quantitative estimate of drug-likeness (QED) is 0.764. The molecule has 0 radical (unpaired) electrons. The minimum atomic E-state index is -0.499. The highest BCUT2D eigenvalue weighted by Crippen LogP contribution is 2.28. The molecule has 1 aliphatic rings. The second-order valence-corrected chi connectivity index (χ2v) is 5.36. The van der Waals surface area contributed by atoms with Crippen LogP contribution in [-0.2, 0) is 4.79 Å². The molecular weight excluding hydrogens is 260 g/mol. The van der Waals surface area contributed by atoms with Crippen molar-refractivity contribution in [2.45, 2.75) is 25.8 Å². The molecule has 2 rings (SSSR count). The summed E-state index contributed by atoms with van der Waals surface area (Å²) in [6.07, 6.45) is 0.462. The Hall–Kier alpha value is -2.08. The van der Waals surface area contributed by atoms with Crippen LogP contribution in [0.25, 0.3) is 0 Å². The summed E-state index contributed by atoms with van der Waals surface area (Å²) in [5, 5.41) is 14.5. The Bertz CT molecular complexity index is 540. The first-order valence-corrected chi connectivity index (χ1v) is 6.41. The highest BCUT2D eigenvalue weighted by Gasteiger charge is 2.22. The third-order valence-electron chi connectivity index (χ3n) is 3.06. The molecule has 0 saturated heterocycles. The van der Waals surface area contributed by atoms with Gasteiger partial charge in [0.15, 0.2) is 6.61 Å². The van der Waals surface area contributed by atoms with Crippen LogP contribution in [-0.4, -0.2) is 35.7 Å². The highest BCUT2D eigenvalue weighted by atomic mass is 16.5. The van der Waals surface area contributed by atoms with Gasteiger partial charge in [-0.15, -0.1) is 0 Å². The summed E-state index contributed by atoms with van der Waals surface area (Å²) in [5.74, 6) is 0.0532. The highest BCUT2D eigenvalue weighted by molar-refractivity contribution is 6.00. The van der Waals surface area contributed by atoms with Gasteiger partial charge in [0.25, 0.3) is 11.8 Å². The summed E-state index contributed by atoms with van der Waals surface area (Å²) in [4.78, 5) is 23.4. The zero-order valence-corrected chi connectivity index (χ0v) is 11.5. The van der Waals surface area contributed by atoms with Crippen LogP contribution >= 0.6 is 0 Å². The van der Waals surface area contributed by atoms with Crippen molar-refractivity contribution in [1.29, 1.82) is 0 Å².